The number of likely N-dealkylation sites (tertiary alicyclic amines) is 1. The smallest absolute Gasteiger partial charge is 0.251 e. The van der Waals surface area contributed by atoms with Gasteiger partial charge < -0.3 is 10.2 Å². The molecule has 1 N–H and O–H groups in total. The lowest BCUT2D eigenvalue weighted by atomic mass is 10.0. The Morgan fingerprint density at radius 2 is 2.12 bits per heavy atom. The highest BCUT2D eigenvalue weighted by molar-refractivity contribution is 7.92. The molecule has 2 rings (SSSR count). The number of nitrogens with one attached hydrogen (secondary N) is 1. The van der Waals surface area contributed by atoms with Gasteiger partial charge >= 0.3 is 0 Å². The molecule has 146 valence electrons. The van der Waals surface area contributed by atoms with Gasteiger partial charge in [0.25, 0.3) is 5.91 Å². The summed E-state index contributed by atoms with van der Waals surface area (Å²) in [5, 5.41) is 2.96. The molecule has 1 atom stereocenters. The quantitative estimate of drug-likeness (QED) is 0.736. The molecular formula is C19H31N3O3S. The second-order valence-electron chi connectivity index (χ2n) is 7.39. The minimum atomic E-state index is -3.32. The first kappa shape index (κ1) is 20.7. The number of carbonyl (C=O) groups excluding carboxylic acids is 1. The van der Waals surface area contributed by atoms with Gasteiger partial charge in [-0.1, -0.05) is 6.92 Å². The van der Waals surface area contributed by atoms with Crippen LogP contribution < -0.4 is 9.62 Å². The summed E-state index contributed by atoms with van der Waals surface area (Å²) < 4.78 is 24.6. The van der Waals surface area contributed by atoms with Gasteiger partial charge in [0.15, 0.2) is 0 Å². The van der Waals surface area contributed by atoms with Crippen molar-refractivity contribution in [2.75, 3.05) is 43.8 Å². The van der Waals surface area contributed by atoms with Gasteiger partial charge in [0.1, 0.15) is 0 Å². The topological polar surface area (TPSA) is 69.7 Å². The van der Waals surface area contributed by atoms with E-state index < -0.39 is 10.0 Å². The first-order valence-corrected chi connectivity index (χ1v) is 11.1. The number of sulfonamides is 1. The van der Waals surface area contributed by atoms with E-state index >= 15 is 0 Å². The highest BCUT2D eigenvalue weighted by Crippen LogP contribution is 2.22. The molecule has 0 aliphatic carbocycles. The molecular weight excluding hydrogens is 350 g/mol. The highest BCUT2D eigenvalue weighted by Gasteiger charge is 2.17. The highest BCUT2D eigenvalue weighted by atomic mass is 32.2. The molecule has 0 unspecified atom stereocenters. The summed E-state index contributed by atoms with van der Waals surface area (Å²) in [4.78, 5) is 14.8. The van der Waals surface area contributed by atoms with Crippen molar-refractivity contribution < 1.29 is 13.2 Å². The minimum absolute atomic E-state index is 0.117. The van der Waals surface area contributed by atoms with Crippen LogP contribution in [0.2, 0.25) is 0 Å². The number of anilines is 1. The van der Waals surface area contributed by atoms with Gasteiger partial charge in [0.05, 0.1) is 11.9 Å². The van der Waals surface area contributed by atoms with Gasteiger partial charge in [0.2, 0.25) is 10.0 Å². The van der Waals surface area contributed by atoms with E-state index in [0.717, 1.165) is 43.8 Å². The van der Waals surface area contributed by atoms with E-state index in [1.807, 2.05) is 6.92 Å². The van der Waals surface area contributed by atoms with Crippen molar-refractivity contribution in [2.24, 2.45) is 5.92 Å². The SMILES string of the molecule is Cc1cc(C(=O)NCCCN2CCC[C@H](C)C2)ccc1N(C)S(C)(=O)=O. The van der Waals surface area contributed by atoms with Crippen molar-refractivity contribution in [3.05, 3.63) is 29.3 Å². The molecule has 7 heteroatoms. The van der Waals surface area contributed by atoms with Crippen molar-refractivity contribution in [1.29, 1.82) is 0 Å². The molecule has 1 heterocycles. The van der Waals surface area contributed by atoms with Crippen LogP contribution in [0.4, 0.5) is 5.69 Å². The Bertz CT molecular complexity index is 734. The van der Waals surface area contributed by atoms with E-state index in [1.165, 1.54) is 24.2 Å². The van der Waals surface area contributed by atoms with Crippen molar-refractivity contribution in [1.82, 2.24) is 10.2 Å². The number of hydrogen-bond acceptors (Lipinski definition) is 4. The van der Waals surface area contributed by atoms with Crippen LogP contribution >= 0.6 is 0 Å². The van der Waals surface area contributed by atoms with Crippen LogP contribution in [0.1, 0.15) is 42.1 Å². The van der Waals surface area contributed by atoms with Crippen LogP contribution in [0.5, 0.6) is 0 Å². The third-order valence-corrected chi connectivity index (χ3v) is 6.17. The summed E-state index contributed by atoms with van der Waals surface area (Å²) in [6, 6.07) is 5.09. The second kappa shape index (κ2) is 8.86. The fourth-order valence-electron chi connectivity index (χ4n) is 3.43. The zero-order valence-electron chi connectivity index (χ0n) is 16.3. The average Bonchev–Trinajstić information content (AvgIpc) is 2.57. The predicted molar refractivity (Wildman–Crippen MR) is 106 cm³/mol. The van der Waals surface area contributed by atoms with Crippen LogP contribution in [0.15, 0.2) is 18.2 Å². The molecule has 1 aliphatic heterocycles. The maximum atomic E-state index is 12.3. The molecule has 6 nitrogen and oxygen atoms in total. The summed E-state index contributed by atoms with van der Waals surface area (Å²) in [6.07, 6.45) is 4.68. The summed E-state index contributed by atoms with van der Waals surface area (Å²) >= 11 is 0. The van der Waals surface area contributed by atoms with Gasteiger partial charge in [-0.05, 0) is 69.0 Å². The van der Waals surface area contributed by atoms with E-state index in [0.29, 0.717) is 17.8 Å². The lowest BCUT2D eigenvalue weighted by molar-refractivity contribution is 0.0950. The number of nitrogens with zero attached hydrogens (tertiary/aromatic N) is 2. The summed E-state index contributed by atoms with van der Waals surface area (Å²) in [5.74, 6) is 0.651. The number of rotatable bonds is 7. The molecule has 0 spiro atoms. The lowest BCUT2D eigenvalue weighted by Crippen LogP contribution is -2.36. The standard InChI is InChI=1S/C19H31N3O3S/c1-15-7-5-11-22(14-15)12-6-10-20-19(23)17-8-9-18(16(2)13-17)21(3)26(4,24)25/h8-9,13,15H,5-7,10-12,14H2,1-4H3,(H,20,23)/t15-/m0/s1. The number of hydrogen-bond donors (Lipinski definition) is 1. The number of piperidine rings is 1. The Balaban J connectivity index is 1.85. The zero-order valence-corrected chi connectivity index (χ0v) is 17.1. The molecule has 0 saturated carbocycles. The summed E-state index contributed by atoms with van der Waals surface area (Å²) in [7, 11) is -1.80. The largest absolute Gasteiger partial charge is 0.352 e. The predicted octanol–water partition coefficient (Wildman–Crippen LogP) is 2.24. The third-order valence-electron chi connectivity index (χ3n) is 4.97. The van der Waals surface area contributed by atoms with Gasteiger partial charge in [-0.2, -0.15) is 0 Å². The molecule has 0 bridgehead atoms. The summed E-state index contributed by atoms with van der Waals surface area (Å²) in [5.41, 5.74) is 1.90. The minimum Gasteiger partial charge on any atom is -0.352 e. The van der Waals surface area contributed by atoms with Gasteiger partial charge in [-0.25, -0.2) is 8.42 Å². The Morgan fingerprint density at radius 3 is 2.73 bits per heavy atom. The molecule has 0 aromatic heterocycles. The van der Waals surface area contributed by atoms with E-state index in [1.54, 1.807) is 18.2 Å². The van der Waals surface area contributed by atoms with Gasteiger partial charge in [-0.15, -0.1) is 0 Å². The van der Waals surface area contributed by atoms with Gasteiger partial charge in [-0.3, -0.25) is 9.10 Å². The Kier molecular flexibility index (Phi) is 7.06. The van der Waals surface area contributed by atoms with Crippen LogP contribution in [-0.2, 0) is 10.0 Å². The van der Waals surface area contributed by atoms with Crippen molar-refractivity contribution in [2.45, 2.75) is 33.1 Å². The van der Waals surface area contributed by atoms with Crippen molar-refractivity contribution in [3.63, 3.8) is 0 Å². The normalized spacial score (nSPS) is 18.5. The second-order valence-corrected chi connectivity index (χ2v) is 9.40. The maximum Gasteiger partial charge on any atom is 0.251 e. The number of aryl methyl sites for hydroxylation is 1. The van der Waals surface area contributed by atoms with E-state index in [2.05, 4.69) is 17.1 Å². The van der Waals surface area contributed by atoms with E-state index in [4.69, 9.17) is 0 Å². The van der Waals surface area contributed by atoms with E-state index in [-0.39, 0.29) is 5.91 Å². The van der Waals surface area contributed by atoms with Crippen molar-refractivity contribution >= 4 is 21.6 Å². The molecule has 1 amide bonds. The van der Waals surface area contributed by atoms with Crippen molar-refractivity contribution in [3.8, 4) is 0 Å². The molecule has 1 aromatic rings. The van der Waals surface area contributed by atoms with E-state index in [9.17, 15) is 13.2 Å². The van der Waals surface area contributed by atoms with Crippen LogP contribution in [0.3, 0.4) is 0 Å². The van der Waals surface area contributed by atoms with Crippen LogP contribution in [0.25, 0.3) is 0 Å². The lowest BCUT2D eigenvalue weighted by Gasteiger charge is -2.30. The average molecular weight is 382 g/mol. The number of carbonyl (C=O) groups is 1. The maximum absolute atomic E-state index is 12.3. The fraction of sp³-hybridized carbons (Fsp3) is 0.632. The summed E-state index contributed by atoms with van der Waals surface area (Å²) in [6.45, 7) is 8.08. The van der Waals surface area contributed by atoms with Crippen LogP contribution in [0, 0.1) is 12.8 Å². The zero-order chi connectivity index (χ0) is 19.3. The molecule has 1 aromatic carbocycles. The fourth-order valence-corrected chi connectivity index (χ4v) is 3.99. The Morgan fingerprint density at radius 1 is 1.38 bits per heavy atom. The monoisotopic (exact) mass is 381 g/mol. The first-order chi connectivity index (χ1) is 12.2. The molecule has 1 saturated heterocycles. The first-order valence-electron chi connectivity index (χ1n) is 9.23. The number of benzene rings is 1. The molecule has 26 heavy (non-hydrogen) atoms. The molecule has 1 fully saturated rings. The molecule has 0 radical (unpaired) electrons. The van der Waals surface area contributed by atoms with Gasteiger partial charge in [0, 0.05) is 25.7 Å². The Hall–Kier alpha value is -1.60. The third kappa shape index (κ3) is 5.71. The Labute approximate surface area is 157 Å². The molecule has 1 aliphatic rings. The number of amides is 1. The van der Waals surface area contributed by atoms with Crippen LogP contribution in [-0.4, -0.2) is 58.7 Å².